The van der Waals surface area contributed by atoms with Crippen molar-refractivity contribution in [1.82, 2.24) is 10.6 Å². The average molecular weight is 605 g/mol. The van der Waals surface area contributed by atoms with E-state index in [9.17, 15) is 18.5 Å². The van der Waals surface area contributed by atoms with E-state index in [-0.39, 0.29) is 16.3 Å². The number of nitriles is 1. The Hall–Kier alpha value is -2.94. The van der Waals surface area contributed by atoms with Crippen LogP contribution in [0.5, 0.6) is 0 Å². The van der Waals surface area contributed by atoms with Gasteiger partial charge in [-0.3, -0.25) is 9.69 Å². The number of halogens is 2. The Kier molecular flexibility index (Phi) is 8.99. The van der Waals surface area contributed by atoms with Crippen LogP contribution in [0.1, 0.15) is 50.5 Å². The minimum Gasteiger partial charge on any atom is -0.362 e. The number of rotatable bonds is 7. The number of sulfonamides is 1. The van der Waals surface area contributed by atoms with Crippen molar-refractivity contribution in [2.75, 3.05) is 11.4 Å². The highest BCUT2D eigenvalue weighted by Crippen LogP contribution is 2.48. The molecule has 0 fully saturated rings. The van der Waals surface area contributed by atoms with Gasteiger partial charge in [-0.25, -0.2) is 13.6 Å². The first-order valence-electron chi connectivity index (χ1n) is 12.4. The molecule has 4 rings (SSSR count). The molecule has 0 saturated heterocycles. The normalized spacial score (nSPS) is 17.6. The number of allylic oxidation sites excluding steroid dienone is 3. The number of nitrogens with zero attached hydrogens (tertiary/aromatic N) is 2. The predicted molar refractivity (Wildman–Crippen MR) is 157 cm³/mol. The number of nitrogens with one attached hydrogen (secondary N) is 2. The molecule has 0 bridgehead atoms. The number of benzene rings is 2. The largest absolute Gasteiger partial charge is 0.362 e. The zero-order valence-electron chi connectivity index (χ0n) is 21.1. The molecule has 4 N–H and O–H groups in total. The van der Waals surface area contributed by atoms with Crippen molar-refractivity contribution in [2.45, 2.75) is 49.8 Å². The SMILES string of the molecule is CCCCNC(=S)NC1=C(C#N)C(c2ccc(Cl)cc2Cl)C2=C(CCCC2=O)N1c1ccc(S(N)(=O)=O)cc1. The second kappa shape index (κ2) is 12.1. The molecule has 0 aromatic heterocycles. The molecular weight excluding hydrogens is 577 g/mol. The van der Waals surface area contributed by atoms with Crippen LogP contribution in [0.15, 0.2) is 70.0 Å². The first-order valence-corrected chi connectivity index (χ1v) is 15.1. The zero-order valence-corrected chi connectivity index (χ0v) is 24.3. The van der Waals surface area contributed by atoms with Gasteiger partial charge in [-0.05, 0) is 73.4 Å². The highest BCUT2D eigenvalue weighted by Gasteiger charge is 2.42. The molecule has 0 saturated carbocycles. The van der Waals surface area contributed by atoms with Crippen LogP contribution in [-0.2, 0) is 14.8 Å². The molecule has 1 aliphatic heterocycles. The van der Waals surface area contributed by atoms with Crippen LogP contribution in [0, 0.1) is 11.3 Å². The number of hydrogen-bond donors (Lipinski definition) is 3. The predicted octanol–water partition coefficient (Wildman–Crippen LogP) is 5.25. The smallest absolute Gasteiger partial charge is 0.238 e. The molecule has 0 radical (unpaired) electrons. The molecule has 12 heteroatoms. The number of primary sulfonamides is 1. The van der Waals surface area contributed by atoms with Gasteiger partial charge in [-0.2, -0.15) is 5.26 Å². The third-order valence-electron chi connectivity index (χ3n) is 6.62. The number of carbonyl (C=O) groups excluding carboxylic acids is 1. The van der Waals surface area contributed by atoms with Crippen molar-refractivity contribution in [3.8, 4) is 6.07 Å². The lowest BCUT2D eigenvalue weighted by Gasteiger charge is -2.41. The molecular formula is C27H27Cl2N5O3S2. The number of anilines is 1. The van der Waals surface area contributed by atoms with E-state index in [1.807, 2.05) is 0 Å². The van der Waals surface area contributed by atoms with E-state index >= 15 is 0 Å². The van der Waals surface area contributed by atoms with Crippen LogP contribution in [0.2, 0.25) is 10.0 Å². The maximum Gasteiger partial charge on any atom is 0.238 e. The van der Waals surface area contributed by atoms with Crippen molar-refractivity contribution < 1.29 is 13.2 Å². The van der Waals surface area contributed by atoms with Crippen LogP contribution in [0.3, 0.4) is 0 Å². The van der Waals surface area contributed by atoms with Gasteiger partial charge in [0.2, 0.25) is 10.0 Å². The summed E-state index contributed by atoms with van der Waals surface area (Å²) in [6, 6.07) is 13.2. The number of hydrogen-bond acceptors (Lipinski definition) is 6. The molecule has 1 aliphatic carbocycles. The number of nitrogens with two attached hydrogens (primary N) is 1. The van der Waals surface area contributed by atoms with E-state index < -0.39 is 15.9 Å². The third-order valence-corrected chi connectivity index (χ3v) is 8.36. The van der Waals surface area contributed by atoms with E-state index in [1.165, 1.54) is 12.1 Å². The Morgan fingerprint density at radius 2 is 1.92 bits per heavy atom. The minimum absolute atomic E-state index is 0.0567. The van der Waals surface area contributed by atoms with Crippen LogP contribution >= 0.6 is 35.4 Å². The Morgan fingerprint density at radius 3 is 2.54 bits per heavy atom. The van der Waals surface area contributed by atoms with Gasteiger partial charge in [-0.15, -0.1) is 0 Å². The number of unbranched alkanes of at least 4 members (excludes halogenated alkanes) is 1. The van der Waals surface area contributed by atoms with Crippen LogP contribution in [0.4, 0.5) is 5.69 Å². The summed E-state index contributed by atoms with van der Waals surface area (Å²) in [5.74, 6) is -0.475. The Labute approximate surface area is 243 Å². The summed E-state index contributed by atoms with van der Waals surface area (Å²) in [5.41, 5.74) is 2.51. The summed E-state index contributed by atoms with van der Waals surface area (Å²) in [6.07, 6.45) is 3.35. The standard InChI is InChI=1S/C27H27Cl2N5O3S2/c1-2-3-13-32-27(38)33-26-20(15-30)24(19-12-7-16(28)14-21(19)29)25-22(5-4-6-23(25)35)34(26)17-8-10-18(11-9-17)39(31,36)37/h7-12,14,24H,2-6,13H2,1H3,(H2,31,36,37)(H2,32,33,38). The fourth-order valence-corrected chi connectivity index (χ4v) is 6.06. The lowest BCUT2D eigenvalue weighted by atomic mass is 9.75. The lowest BCUT2D eigenvalue weighted by molar-refractivity contribution is -0.116. The van der Waals surface area contributed by atoms with Gasteiger partial charge in [-0.1, -0.05) is 42.6 Å². The van der Waals surface area contributed by atoms with Crippen LogP contribution < -0.4 is 20.7 Å². The molecule has 2 aliphatic rings. The monoisotopic (exact) mass is 603 g/mol. The van der Waals surface area contributed by atoms with Gasteiger partial charge in [0.15, 0.2) is 10.9 Å². The second-order valence-corrected chi connectivity index (χ2v) is 12.0. The van der Waals surface area contributed by atoms with E-state index in [2.05, 4.69) is 23.6 Å². The van der Waals surface area contributed by atoms with E-state index in [0.29, 0.717) is 69.3 Å². The minimum atomic E-state index is -3.92. The second-order valence-electron chi connectivity index (χ2n) is 9.22. The maximum atomic E-state index is 13.5. The van der Waals surface area contributed by atoms with E-state index in [0.717, 1.165) is 12.8 Å². The summed E-state index contributed by atoms with van der Waals surface area (Å²) in [7, 11) is -3.92. The fraction of sp³-hybridized carbons (Fsp3) is 0.296. The molecule has 1 atom stereocenters. The van der Waals surface area contributed by atoms with Gasteiger partial charge in [0.25, 0.3) is 0 Å². The quantitative estimate of drug-likeness (QED) is 0.289. The molecule has 1 unspecified atom stereocenters. The first-order chi connectivity index (χ1) is 18.6. The Morgan fingerprint density at radius 1 is 1.21 bits per heavy atom. The van der Waals surface area contributed by atoms with Crippen molar-refractivity contribution >= 4 is 62.0 Å². The molecule has 1 heterocycles. The Balaban J connectivity index is 1.95. The summed E-state index contributed by atoms with van der Waals surface area (Å²) in [6.45, 7) is 2.70. The summed E-state index contributed by atoms with van der Waals surface area (Å²) in [4.78, 5) is 15.2. The molecule has 2 aromatic rings. The number of Topliss-reactive ketones (excluding diaryl/α,β-unsaturated/α-hetero) is 1. The van der Waals surface area contributed by atoms with E-state index in [4.69, 9.17) is 40.6 Å². The van der Waals surface area contributed by atoms with Crippen molar-refractivity contribution in [3.05, 3.63) is 80.7 Å². The highest BCUT2D eigenvalue weighted by atomic mass is 35.5. The Bertz CT molecular complexity index is 1530. The van der Waals surface area contributed by atoms with Gasteiger partial charge >= 0.3 is 0 Å². The third kappa shape index (κ3) is 6.13. The van der Waals surface area contributed by atoms with Gasteiger partial charge < -0.3 is 10.6 Å². The lowest BCUT2D eigenvalue weighted by Crippen LogP contribution is -2.45. The molecule has 0 amide bonds. The number of ketones is 1. The number of thiocarbonyl (C=S) groups is 1. The molecule has 2 aromatic carbocycles. The summed E-state index contributed by atoms with van der Waals surface area (Å²) < 4.78 is 23.8. The van der Waals surface area contributed by atoms with Gasteiger partial charge in [0.1, 0.15) is 5.82 Å². The highest BCUT2D eigenvalue weighted by molar-refractivity contribution is 7.89. The van der Waals surface area contributed by atoms with Gasteiger partial charge in [0.05, 0.1) is 22.5 Å². The van der Waals surface area contributed by atoms with E-state index in [1.54, 1.807) is 35.2 Å². The maximum absolute atomic E-state index is 13.5. The summed E-state index contributed by atoms with van der Waals surface area (Å²) >= 11 is 18.4. The first kappa shape index (κ1) is 29.1. The zero-order chi connectivity index (χ0) is 28.3. The van der Waals surface area contributed by atoms with Crippen molar-refractivity contribution in [3.63, 3.8) is 0 Å². The van der Waals surface area contributed by atoms with Crippen molar-refractivity contribution in [1.29, 1.82) is 5.26 Å². The molecule has 204 valence electrons. The van der Waals surface area contributed by atoms with Crippen LogP contribution in [-0.4, -0.2) is 25.9 Å². The number of carbonyl (C=O) groups is 1. The molecule has 0 spiro atoms. The van der Waals surface area contributed by atoms with Crippen LogP contribution in [0.25, 0.3) is 0 Å². The molecule has 39 heavy (non-hydrogen) atoms. The topological polar surface area (TPSA) is 128 Å². The average Bonchev–Trinajstić information content (AvgIpc) is 2.88. The van der Waals surface area contributed by atoms with Crippen molar-refractivity contribution in [2.24, 2.45) is 5.14 Å². The molecule has 8 nitrogen and oxygen atoms in total. The summed E-state index contributed by atoms with van der Waals surface area (Å²) in [5, 5.41) is 23.3. The fourth-order valence-electron chi connectivity index (χ4n) is 4.83. The van der Waals surface area contributed by atoms with Gasteiger partial charge in [0, 0.05) is 40.0 Å².